The quantitative estimate of drug-likeness (QED) is 0.710. The topological polar surface area (TPSA) is 43.4 Å². The molecule has 1 aromatic rings. The highest BCUT2D eigenvalue weighted by molar-refractivity contribution is 9.10. The fourth-order valence-electron chi connectivity index (χ4n) is 2.83. The largest absolute Gasteiger partial charge is 0.530 e. The van der Waals surface area contributed by atoms with Crippen molar-refractivity contribution in [3.63, 3.8) is 0 Å². The molecule has 0 bridgehead atoms. The van der Waals surface area contributed by atoms with Gasteiger partial charge in [0.25, 0.3) is 0 Å². The first-order valence-electron chi connectivity index (χ1n) is 6.70. The number of nitrogens with zero attached hydrogens (tertiary/aromatic N) is 1. The van der Waals surface area contributed by atoms with E-state index >= 15 is 0 Å². The Labute approximate surface area is 143 Å². The molecule has 1 amide bonds. The molecule has 0 aliphatic heterocycles. The molecular formula is C15H17BrCl2NO2-. The van der Waals surface area contributed by atoms with E-state index in [1.54, 1.807) is 12.1 Å². The van der Waals surface area contributed by atoms with E-state index in [1.807, 2.05) is 20.8 Å². The van der Waals surface area contributed by atoms with E-state index < -0.39 is 6.09 Å². The summed E-state index contributed by atoms with van der Waals surface area (Å²) in [6.45, 7) is 6.32. The number of carbonyl (C=O) groups is 1. The average molecular weight is 394 g/mol. The van der Waals surface area contributed by atoms with Crippen molar-refractivity contribution in [1.82, 2.24) is 4.90 Å². The van der Waals surface area contributed by atoms with Gasteiger partial charge in [0.2, 0.25) is 0 Å². The summed E-state index contributed by atoms with van der Waals surface area (Å²) in [5, 5.41) is 12.4. The monoisotopic (exact) mass is 392 g/mol. The minimum absolute atomic E-state index is 0.157. The molecule has 1 aromatic carbocycles. The van der Waals surface area contributed by atoms with Gasteiger partial charge in [-0.25, -0.2) is 0 Å². The zero-order valence-electron chi connectivity index (χ0n) is 12.2. The lowest BCUT2D eigenvalue weighted by Crippen LogP contribution is -2.53. The lowest BCUT2D eigenvalue weighted by molar-refractivity contribution is -0.272. The van der Waals surface area contributed by atoms with Crippen molar-refractivity contribution in [1.29, 1.82) is 0 Å². The number of hydrogen-bond donors (Lipinski definition) is 0. The first-order chi connectivity index (χ1) is 9.58. The minimum atomic E-state index is -1.17. The Bertz CT molecular complexity index is 580. The van der Waals surface area contributed by atoms with Crippen LogP contribution in [0.25, 0.3) is 0 Å². The Morgan fingerprint density at radius 2 is 1.95 bits per heavy atom. The normalized spacial score (nSPS) is 16.7. The SMILES string of the molecule is CC(C)(C)C1(N(Cc2cc(Br)cc(Cl)c2Cl)C(=O)[O-])CC1. The van der Waals surface area contributed by atoms with Gasteiger partial charge in [-0.1, -0.05) is 59.9 Å². The average Bonchev–Trinajstić information content (AvgIpc) is 3.11. The van der Waals surface area contributed by atoms with E-state index in [-0.39, 0.29) is 17.5 Å². The molecule has 0 atom stereocenters. The Morgan fingerprint density at radius 3 is 2.38 bits per heavy atom. The van der Waals surface area contributed by atoms with Crippen LogP contribution < -0.4 is 5.11 Å². The van der Waals surface area contributed by atoms with Crippen LogP contribution in [0.5, 0.6) is 0 Å². The van der Waals surface area contributed by atoms with Crippen molar-refractivity contribution in [3.05, 3.63) is 32.2 Å². The van der Waals surface area contributed by atoms with Crippen molar-refractivity contribution in [2.24, 2.45) is 5.41 Å². The van der Waals surface area contributed by atoms with E-state index in [9.17, 15) is 9.90 Å². The van der Waals surface area contributed by atoms with Gasteiger partial charge in [-0.2, -0.15) is 0 Å². The van der Waals surface area contributed by atoms with Gasteiger partial charge < -0.3 is 14.8 Å². The summed E-state index contributed by atoms with van der Waals surface area (Å²) in [4.78, 5) is 13.0. The number of benzene rings is 1. The van der Waals surface area contributed by atoms with Crippen LogP contribution in [0.1, 0.15) is 39.2 Å². The Morgan fingerprint density at radius 1 is 1.38 bits per heavy atom. The van der Waals surface area contributed by atoms with E-state index in [0.29, 0.717) is 15.6 Å². The number of carboxylic acid groups (broad SMARTS) is 1. The van der Waals surface area contributed by atoms with Crippen molar-refractivity contribution in [2.75, 3.05) is 0 Å². The number of halogens is 3. The summed E-state index contributed by atoms with van der Waals surface area (Å²) in [6.07, 6.45) is 0.503. The Balaban J connectivity index is 2.37. The summed E-state index contributed by atoms with van der Waals surface area (Å²) in [5.74, 6) is 0. The van der Waals surface area contributed by atoms with Gasteiger partial charge in [0.1, 0.15) is 6.09 Å². The predicted molar refractivity (Wildman–Crippen MR) is 86.5 cm³/mol. The molecule has 0 spiro atoms. The first kappa shape index (κ1) is 16.9. The van der Waals surface area contributed by atoms with Gasteiger partial charge in [-0.05, 0) is 36.0 Å². The van der Waals surface area contributed by atoms with Crippen LogP contribution in [0.3, 0.4) is 0 Å². The van der Waals surface area contributed by atoms with Gasteiger partial charge in [-0.3, -0.25) is 0 Å². The molecular weight excluding hydrogens is 377 g/mol. The first-order valence-corrected chi connectivity index (χ1v) is 8.25. The van der Waals surface area contributed by atoms with E-state index in [1.165, 1.54) is 4.90 Å². The molecule has 3 nitrogen and oxygen atoms in total. The summed E-state index contributed by atoms with van der Waals surface area (Å²) in [6, 6.07) is 3.48. The minimum Gasteiger partial charge on any atom is -0.530 e. The third kappa shape index (κ3) is 3.17. The van der Waals surface area contributed by atoms with Crippen LogP contribution in [-0.2, 0) is 6.54 Å². The van der Waals surface area contributed by atoms with Crippen LogP contribution in [0, 0.1) is 5.41 Å². The number of carbonyl (C=O) groups excluding carboxylic acids is 1. The maximum Gasteiger partial charge on any atom is 0.137 e. The van der Waals surface area contributed by atoms with E-state index in [2.05, 4.69) is 15.9 Å². The number of rotatable bonds is 3. The van der Waals surface area contributed by atoms with Crippen LogP contribution in [0.15, 0.2) is 16.6 Å². The third-order valence-electron chi connectivity index (χ3n) is 4.25. The van der Waals surface area contributed by atoms with E-state index in [4.69, 9.17) is 23.2 Å². The highest BCUT2D eigenvalue weighted by atomic mass is 79.9. The zero-order valence-corrected chi connectivity index (χ0v) is 15.3. The molecule has 0 N–H and O–H groups in total. The Hall–Kier alpha value is -0.450. The summed E-state index contributed by atoms with van der Waals surface area (Å²) >= 11 is 15.6. The molecule has 0 unspecified atom stereocenters. The van der Waals surface area contributed by atoms with Crippen molar-refractivity contribution in [3.8, 4) is 0 Å². The molecule has 0 radical (unpaired) electrons. The molecule has 0 heterocycles. The standard InChI is InChI=1S/C15H18BrCl2NO2/c1-14(2,3)15(4-5-15)19(13(20)21)8-9-6-10(16)7-11(17)12(9)18/h6-7H,4-5,8H2,1-3H3,(H,20,21)/p-1. The van der Waals surface area contributed by atoms with Crippen molar-refractivity contribution < 1.29 is 9.90 Å². The summed E-state index contributed by atoms with van der Waals surface area (Å²) in [5.41, 5.74) is 0.134. The molecule has 1 aliphatic rings. The third-order valence-corrected chi connectivity index (χ3v) is 5.55. The molecule has 6 heteroatoms. The van der Waals surface area contributed by atoms with Gasteiger partial charge in [0.05, 0.1) is 10.0 Å². The molecule has 2 rings (SSSR count). The van der Waals surface area contributed by atoms with Crippen molar-refractivity contribution >= 4 is 45.2 Å². The predicted octanol–water partition coefficient (Wildman–Crippen LogP) is 4.48. The van der Waals surface area contributed by atoms with Crippen LogP contribution >= 0.6 is 39.1 Å². The smallest absolute Gasteiger partial charge is 0.137 e. The second-order valence-electron chi connectivity index (χ2n) is 6.49. The molecule has 1 saturated carbocycles. The van der Waals surface area contributed by atoms with Crippen LogP contribution in [0.2, 0.25) is 10.0 Å². The fourth-order valence-corrected chi connectivity index (χ4v) is 3.87. The van der Waals surface area contributed by atoms with Gasteiger partial charge >= 0.3 is 0 Å². The highest BCUT2D eigenvalue weighted by Crippen LogP contribution is 2.54. The van der Waals surface area contributed by atoms with Gasteiger partial charge in [0, 0.05) is 16.6 Å². The van der Waals surface area contributed by atoms with Crippen molar-refractivity contribution in [2.45, 2.75) is 45.7 Å². The fraction of sp³-hybridized carbons (Fsp3) is 0.533. The second kappa shape index (κ2) is 5.64. The number of amides is 1. The second-order valence-corrected chi connectivity index (χ2v) is 8.20. The van der Waals surface area contributed by atoms with Crippen LogP contribution in [0.4, 0.5) is 4.79 Å². The maximum absolute atomic E-state index is 11.6. The molecule has 0 aromatic heterocycles. The summed E-state index contributed by atoms with van der Waals surface area (Å²) < 4.78 is 0.769. The molecule has 21 heavy (non-hydrogen) atoms. The lowest BCUT2D eigenvalue weighted by atomic mass is 9.83. The van der Waals surface area contributed by atoms with Gasteiger partial charge in [0.15, 0.2) is 0 Å². The zero-order chi connectivity index (χ0) is 16.0. The van der Waals surface area contributed by atoms with E-state index in [0.717, 1.165) is 17.3 Å². The lowest BCUT2D eigenvalue weighted by Gasteiger charge is -2.43. The van der Waals surface area contributed by atoms with Crippen LogP contribution in [-0.4, -0.2) is 16.5 Å². The van der Waals surface area contributed by atoms with Gasteiger partial charge in [-0.15, -0.1) is 0 Å². The molecule has 0 saturated heterocycles. The number of hydrogen-bond acceptors (Lipinski definition) is 2. The molecule has 1 aliphatic carbocycles. The maximum atomic E-state index is 11.6. The highest BCUT2D eigenvalue weighted by Gasteiger charge is 2.56. The Kier molecular flexibility index (Phi) is 4.54. The summed E-state index contributed by atoms with van der Waals surface area (Å²) in [7, 11) is 0. The molecule has 116 valence electrons. The molecule has 1 fully saturated rings.